The van der Waals surface area contributed by atoms with Gasteiger partial charge >= 0.3 is 0 Å². The van der Waals surface area contributed by atoms with Gasteiger partial charge in [0.05, 0.1) is 30.4 Å². The molecule has 0 spiro atoms. The van der Waals surface area contributed by atoms with Crippen molar-refractivity contribution < 1.29 is 9.47 Å². The van der Waals surface area contributed by atoms with E-state index in [1.165, 1.54) is 0 Å². The summed E-state index contributed by atoms with van der Waals surface area (Å²) in [6.07, 6.45) is 5.20. The lowest BCUT2D eigenvalue weighted by atomic mass is 10.3. The highest BCUT2D eigenvalue weighted by molar-refractivity contribution is 5.72. The largest absolute Gasteiger partial charge is 0.492 e. The van der Waals surface area contributed by atoms with Crippen LogP contribution in [0, 0.1) is 0 Å². The van der Waals surface area contributed by atoms with Crippen LogP contribution in [0.4, 0.5) is 11.6 Å². The molecular formula is C21H27N9O2. The van der Waals surface area contributed by atoms with Crippen LogP contribution in [0.25, 0.3) is 16.9 Å². The Kier molecular flexibility index (Phi) is 6.87. The first-order valence-corrected chi connectivity index (χ1v) is 10.4. The van der Waals surface area contributed by atoms with Crippen LogP contribution in [0.5, 0.6) is 5.75 Å². The Bertz CT molecular complexity index is 1140. The zero-order chi connectivity index (χ0) is 22.3. The minimum Gasteiger partial charge on any atom is -0.492 e. The minimum absolute atomic E-state index is 0.447. The van der Waals surface area contributed by atoms with Crippen LogP contribution in [0.15, 0.2) is 42.9 Å². The number of nitrogens with zero attached hydrogens (tertiary/aromatic N) is 8. The van der Waals surface area contributed by atoms with Crippen molar-refractivity contribution in [3.8, 4) is 11.4 Å². The van der Waals surface area contributed by atoms with Crippen molar-refractivity contribution >= 4 is 22.8 Å². The SMILES string of the molecule is CCN(CCOC)CCOc1ccc(-n2nnc3cnc(Nc4cnn(C)c4)nc32)cc1. The topological polar surface area (TPSA) is 108 Å². The molecule has 168 valence electrons. The third-order valence-corrected chi connectivity index (χ3v) is 4.97. The first-order valence-electron chi connectivity index (χ1n) is 10.4. The van der Waals surface area contributed by atoms with Gasteiger partial charge in [-0.25, -0.2) is 4.98 Å². The van der Waals surface area contributed by atoms with Crippen molar-refractivity contribution in [1.82, 2.24) is 39.6 Å². The van der Waals surface area contributed by atoms with E-state index >= 15 is 0 Å². The highest BCUT2D eigenvalue weighted by Crippen LogP contribution is 2.20. The smallest absolute Gasteiger partial charge is 0.229 e. The summed E-state index contributed by atoms with van der Waals surface area (Å²) in [4.78, 5) is 11.2. The number of rotatable bonds is 11. The van der Waals surface area contributed by atoms with Crippen LogP contribution in [0.1, 0.15) is 6.92 Å². The number of anilines is 2. The molecule has 1 N–H and O–H groups in total. The van der Waals surface area contributed by atoms with Crippen molar-refractivity contribution in [1.29, 1.82) is 0 Å². The van der Waals surface area contributed by atoms with E-state index in [-0.39, 0.29) is 0 Å². The van der Waals surface area contributed by atoms with Gasteiger partial charge in [-0.2, -0.15) is 14.8 Å². The van der Waals surface area contributed by atoms with Crippen molar-refractivity contribution in [2.75, 3.05) is 45.3 Å². The van der Waals surface area contributed by atoms with Crippen LogP contribution in [-0.4, -0.2) is 79.6 Å². The second kappa shape index (κ2) is 10.2. The second-order valence-corrected chi connectivity index (χ2v) is 7.20. The van der Waals surface area contributed by atoms with Gasteiger partial charge in [-0.15, -0.1) is 5.10 Å². The predicted octanol–water partition coefficient (Wildman–Crippen LogP) is 2.03. The fourth-order valence-corrected chi connectivity index (χ4v) is 3.20. The summed E-state index contributed by atoms with van der Waals surface area (Å²) in [6.45, 7) is 6.17. The third-order valence-electron chi connectivity index (χ3n) is 4.97. The van der Waals surface area contributed by atoms with Gasteiger partial charge in [0.1, 0.15) is 12.4 Å². The molecule has 0 aliphatic heterocycles. The second-order valence-electron chi connectivity index (χ2n) is 7.20. The van der Waals surface area contributed by atoms with Crippen LogP contribution in [0.2, 0.25) is 0 Å². The van der Waals surface area contributed by atoms with Gasteiger partial charge in [-0.3, -0.25) is 9.58 Å². The average Bonchev–Trinajstić information content (AvgIpc) is 3.42. The molecule has 3 heterocycles. The zero-order valence-corrected chi connectivity index (χ0v) is 18.5. The van der Waals surface area contributed by atoms with Gasteiger partial charge in [-0.05, 0) is 30.8 Å². The maximum atomic E-state index is 5.89. The number of nitrogens with one attached hydrogen (secondary N) is 1. The van der Waals surface area contributed by atoms with E-state index in [9.17, 15) is 0 Å². The maximum absolute atomic E-state index is 5.89. The minimum atomic E-state index is 0.447. The van der Waals surface area contributed by atoms with E-state index in [4.69, 9.17) is 9.47 Å². The summed E-state index contributed by atoms with van der Waals surface area (Å²) in [5.74, 6) is 1.25. The molecule has 11 nitrogen and oxygen atoms in total. The van der Waals surface area contributed by atoms with Gasteiger partial charge in [0.25, 0.3) is 0 Å². The first kappa shape index (κ1) is 21.7. The number of aryl methyl sites for hydroxylation is 1. The number of methoxy groups -OCH3 is 1. The van der Waals surface area contributed by atoms with E-state index in [0.29, 0.717) is 23.7 Å². The number of likely N-dealkylation sites (N-methyl/N-ethyl adjacent to an activating group) is 1. The van der Waals surface area contributed by atoms with Gasteiger partial charge in [0.2, 0.25) is 5.95 Å². The Morgan fingerprint density at radius 3 is 2.62 bits per heavy atom. The highest BCUT2D eigenvalue weighted by Gasteiger charge is 2.11. The highest BCUT2D eigenvalue weighted by atomic mass is 16.5. The summed E-state index contributed by atoms with van der Waals surface area (Å²) < 4.78 is 14.4. The molecule has 0 aliphatic carbocycles. The fourth-order valence-electron chi connectivity index (χ4n) is 3.20. The van der Waals surface area contributed by atoms with E-state index < -0.39 is 0 Å². The zero-order valence-electron chi connectivity index (χ0n) is 18.5. The summed E-state index contributed by atoms with van der Waals surface area (Å²) in [5.41, 5.74) is 2.85. The lowest BCUT2D eigenvalue weighted by Gasteiger charge is -2.19. The Morgan fingerprint density at radius 1 is 1.09 bits per heavy atom. The maximum Gasteiger partial charge on any atom is 0.229 e. The summed E-state index contributed by atoms with van der Waals surface area (Å²) in [5, 5.41) is 15.7. The van der Waals surface area contributed by atoms with Crippen LogP contribution in [0.3, 0.4) is 0 Å². The number of hydrogen-bond acceptors (Lipinski definition) is 9. The molecule has 0 bridgehead atoms. The molecule has 3 aromatic heterocycles. The quantitative estimate of drug-likeness (QED) is 0.377. The van der Waals surface area contributed by atoms with Crippen LogP contribution >= 0.6 is 0 Å². The molecule has 0 atom stereocenters. The Balaban J connectivity index is 1.43. The first-order chi connectivity index (χ1) is 15.7. The Hall–Kier alpha value is -3.57. The molecule has 0 saturated heterocycles. The standard InChI is InChI=1S/C21H27N9O2/c1-4-29(9-11-31-3)10-12-32-18-7-5-17(6-8-18)30-20-19(26-27-30)14-22-21(25-20)24-16-13-23-28(2)15-16/h5-8,13-15H,4,9-12H2,1-3H3,(H,22,24,25). The monoisotopic (exact) mass is 437 g/mol. The van der Waals surface area contributed by atoms with Gasteiger partial charge < -0.3 is 14.8 Å². The molecule has 4 aromatic rings. The Morgan fingerprint density at radius 2 is 1.91 bits per heavy atom. The van der Waals surface area contributed by atoms with Crippen molar-refractivity contribution in [2.45, 2.75) is 6.92 Å². The normalized spacial score (nSPS) is 11.4. The molecule has 0 amide bonds. The summed E-state index contributed by atoms with van der Waals surface area (Å²) >= 11 is 0. The number of benzene rings is 1. The van der Waals surface area contributed by atoms with Gasteiger partial charge in [0.15, 0.2) is 11.2 Å². The van der Waals surface area contributed by atoms with Crippen molar-refractivity contribution in [2.24, 2.45) is 7.05 Å². The lowest BCUT2D eigenvalue weighted by molar-refractivity contribution is 0.138. The number of ether oxygens (including phenoxy) is 2. The number of aromatic nitrogens is 7. The van der Waals surface area contributed by atoms with Crippen LogP contribution < -0.4 is 10.1 Å². The van der Waals surface area contributed by atoms with E-state index in [2.05, 4.69) is 42.5 Å². The summed E-state index contributed by atoms with van der Waals surface area (Å²) in [6, 6.07) is 7.71. The van der Waals surface area contributed by atoms with Gasteiger partial charge in [-0.1, -0.05) is 12.1 Å². The number of fused-ring (bicyclic) bond motifs is 1. The number of hydrogen-bond donors (Lipinski definition) is 1. The molecule has 11 heteroatoms. The lowest BCUT2D eigenvalue weighted by Crippen LogP contribution is -2.31. The average molecular weight is 438 g/mol. The molecule has 0 fully saturated rings. The summed E-state index contributed by atoms with van der Waals surface area (Å²) in [7, 11) is 3.57. The van der Waals surface area contributed by atoms with Crippen LogP contribution in [-0.2, 0) is 11.8 Å². The van der Waals surface area contributed by atoms with E-state index in [1.54, 1.807) is 28.9 Å². The molecule has 4 rings (SSSR count). The van der Waals surface area contributed by atoms with Crippen molar-refractivity contribution in [3.63, 3.8) is 0 Å². The molecule has 0 aliphatic rings. The predicted molar refractivity (Wildman–Crippen MR) is 120 cm³/mol. The van der Waals surface area contributed by atoms with E-state index in [1.807, 2.05) is 37.5 Å². The molecule has 0 radical (unpaired) electrons. The fraction of sp³-hybridized carbons (Fsp3) is 0.381. The molecule has 0 unspecified atom stereocenters. The van der Waals surface area contributed by atoms with E-state index in [0.717, 1.165) is 43.4 Å². The Labute approximate surface area is 186 Å². The molecule has 32 heavy (non-hydrogen) atoms. The molecule has 0 saturated carbocycles. The molecular weight excluding hydrogens is 410 g/mol. The van der Waals surface area contributed by atoms with Gasteiger partial charge in [0, 0.05) is 33.4 Å². The third kappa shape index (κ3) is 5.18. The molecule has 1 aromatic carbocycles. The van der Waals surface area contributed by atoms with Crippen molar-refractivity contribution in [3.05, 3.63) is 42.9 Å².